The number of hydrogen-bond acceptors (Lipinski definition) is 4. The van der Waals surface area contributed by atoms with Crippen LogP contribution in [-0.4, -0.2) is 11.7 Å². The number of nitrogens with one attached hydrogen (secondary N) is 1. The highest BCUT2D eigenvalue weighted by atomic mass is 35.5. The van der Waals surface area contributed by atoms with Gasteiger partial charge in [0, 0.05) is 4.88 Å². The number of carbonyl (C=O) groups excluding carboxylic acids is 2. The standard InChI is InChI=1S/C16H13ClN2O2S/c1-2-10-7-8-14(22-10)15(20)11(9-18)16(21)19-13-6-4-3-5-12(13)17/h3-8,11H,2H2,1H3,(H,19,21). The molecule has 0 aliphatic heterocycles. The molecule has 22 heavy (non-hydrogen) atoms. The molecule has 4 nitrogen and oxygen atoms in total. The smallest absolute Gasteiger partial charge is 0.249 e. The molecular weight excluding hydrogens is 320 g/mol. The second-order valence-electron chi connectivity index (χ2n) is 4.51. The molecule has 112 valence electrons. The van der Waals surface area contributed by atoms with E-state index in [1.54, 1.807) is 36.4 Å². The zero-order valence-corrected chi connectivity index (χ0v) is 13.4. The van der Waals surface area contributed by atoms with E-state index in [1.807, 2.05) is 13.0 Å². The van der Waals surface area contributed by atoms with E-state index in [9.17, 15) is 14.9 Å². The molecule has 6 heteroatoms. The molecule has 2 rings (SSSR count). The lowest BCUT2D eigenvalue weighted by Crippen LogP contribution is -2.28. The highest BCUT2D eigenvalue weighted by molar-refractivity contribution is 7.14. The minimum absolute atomic E-state index is 0.351. The fourth-order valence-electron chi connectivity index (χ4n) is 1.85. The normalized spacial score (nSPS) is 11.5. The van der Waals surface area contributed by atoms with E-state index in [2.05, 4.69) is 5.32 Å². The molecule has 0 aliphatic carbocycles. The predicted octanol–water partition coefficient (Wildman–Crippen LogP) is 3.93. The SMILES string of the molecule is CCc1ccc(C(=O)C(C#N)C(=O)Nc2ccccc2Cl)s1. The summed E-state index contributed by atoms with van der Waals surface area (Å²) in [5.74, 6) is -2.55. The Morgan fingerprint density at radius 3 is 2.64 bits per heavy atom. The molecule has 2 aromatic rings. The molecule has 1 atom stereocenters. The number of anilines is 1. The third kappa shape index (κ3) is 3.53. The average Bonchev–Trinajstić information content (AvgIpc) is 2.99. The predicted molar refractivity (Wildman–Crippen MR) is 87.2 cm³/mol. The zero-order valence-electron chi connectivity index (χ0n) is 11.8. The highest BCUT2D eigenvalue weighted by Gasteiger charge is 2.29. The van der Waals surface area contributed by atoms with Crippen LogP contribution in [0.25, 0.3) is 0 Å². The van der Waals surface area contributed by atoms with E-state index in [4.69, 9.17) is 11.6 Å². The van der Waals surface area contributed by atoms with Gasteiger partial charge in [0.05, 0.1) is 21.7 Å². The number of para-hydroxylation sites is 1. The number of rotatable bonds is 5. The van der Waals surface area contributed by atoms with Gasteiger partial charge in [-0.2, -0.15) is 5.26 Å². The Morgan fingerprint density at radius 1 is 1.32 bits per heavy atom. The number of ketones is 1. The van der Waals surface area contributed by atoms with E-state index in [0.29, 0.717) is 15.6 Å². The molecule has 0 aliphatic rings. The molecule has 1 unspecified atom stereocenters. The first-order chi connectivity index (χ1) is 10.6. The maximum Gasteiger partial charge on any atom is 0.249 e. The topological polar surface area (TPSA) is 70.0 Å². The summed E-state index contributed by atoms with van der Waals surface area (Å²) >= 11 is 7.26. The molecule has 0 bridgehead atoms. The summed E-state index contributed by atoms with van der Waals surface area (Å²) in [6.45, 7) is 1.98. The number of benzene rings is 1. The number of nitriles is 1. The summed E-state index contributed by atoms with van der Waals surface area (Å²) < 4.78 is 0. The van der Waals surface area contributed by atoms with Crippen molar-refractivity contribution in [2.75, 3.05) is 5.32 Å². The first-order valence-electron chi connectivity index (χ1n) is 6.64. The average molecular weight is 333 g/mol. The van der Waals surface area contributed by atoms with Crippen LogP contribution in [0.5, 0.6) is 0 Å². The Kier molecular flexibility index (Phi) is 5.31. The van der Waals surface area contributed by atoms with Crippen molar-refractivity contribution in [1.29, 1.82) is 5.26 Å². The van der Waals surface area contributed by atoms with Crippen molar-refractivity contribution < 1.29 is 9.59 Å². The molecular formula is C16H13ClN2O2S. The molecule has 1 heterocycles. The van der Waals surface area contributed by atoms with Crippen LogP contribution in [0.4, 0.5) is 5.69 Å². The fourth-order valence-corrected chi connectivity index (χ4v) is 2.95. The van der Waals surface area contributed by atoms with Crippen molar-refractivity contribution >= 4 is 40.3 Å². The number of hydrogen-bond donors (Lipinski definition) is 1. The molecule has 0 spiro atoms. The lowest BCUT2D eigenvalue weighted by Gasteiger charge is -2.09. The van der Waals surface area contributed by atoms with Crippen LogP contribution in [0.3, 0.4) is 0 Å². The van der Waals surface area contributed by atoms with Gasteiger partial charge in [0.2, 0.25) is 5.91 Å². The molecule has 0 saturated carbocycles. The van der Waals surface area contributed by atoms with Gasteiger partial charge >= 0.3 is 0 Å². The van der Waals surface area contributed by atoms with E-state index in [0.717, 1.165) is 11.3 Å². The van der Waals surface area contributed by atoms with Crippen LogP contribution < -0.4 is 5.32 Å². The summed E-state index contributed by atoms with van der Waals surface area (Å²) in [4.78, 5) is 25.9. The monoisotopic (exact) mass is 332 g/mol. The molecule has 1 aromatic heterocycles. The van der Waals surface area contributed by atoms with E-state index in [-0.39, 0.29) is 0 Å². The Morgan fingerprint density at radius 2 is 2.05 bits per heavy atom. The van der Waals surface area contributed by atoms with Crippen molar-refractivity contribution in [2.45, 2.75) is 13.3 Å². The summed E-state index contributed by atoms with van der Waals surface area (Å²) in [6.07, 6.45) is 0.807. The summed E-state index contributed by atoms with van der Waals surface area (Å²) in [5.41, 5.74) is 0.377. The Bertz CT molecular complexity index is 749. The van der Waals surface area contributed by atoms with Crippen LogP contribution in [0.15, 0.2) is 36.4 Å². The van der Waals surface area contributed by atoms with Crippen LogP contribution in [-0.2, 0) is 11.2 Å². The second-order valence-corrected chi connectivity index (χ2v) is 6.09. The number of Topliss-reactive ketones (excluding diaryl/α,β-unsaturated/α-hetero) is 1. The van der Waals surface area contributed by atoms with Crippen molar-refractivity contribution in [3.05, 3.63) is 51.2 Å². The molecule has 1 amide bonds. The maximum atomic E-state index is 12.3. The molecule has 0 radical (unpaired) electrons. The first-order valence-corrected chi connectivity index (χ1v) is 7.84. The number of halogens is 1. The van der Waals surface area contributed by atoms with Gasteiger partial charge < -0.3 is 5.32 Å². The summed E-state index contributed by atoms with van der Waals surface area (Å²) in [7, 11) is 0. The lowest BCUT2D eigenvalue weighted by atomic mass is 10.0. The van der Waals surface area contributed by atoms with Crippen LogP contribution >= 0.6 is 22.9 Å². The second kappa shape index (κ2) is 7.21. The van der Waals surface area contributed by atoms with Crippen molar-refractivity contribution in [1.82, 2.24) is 0 Å². The van der Waals surface area contributed by atoms with Crippen LogP contribution in [0, 0.1) is 17.2 Å². The van der Waals surface area contributed by atoms with Crippen molar-refractivity contribution in [3.8, 4) is 6.07 Å². The third-order valence-electron chi connectivity index (χ3n) is 3.04. The van der Waals surface area contributed by atoms with Gasteiger partial charge in [0.15, 0.2) is 11.7 Å². The molecule has 0 saturated heterocycles. The Labute approximate surface area is 137 Å². The van der Waals surface area contributed by atoms with Gasteiger partial charge in [0.1, 0.15) is 0 Å². The molecule has 1 N–H and O–H groups in total. The van der Waals surface area contributed by atoms with Gasteiger partial charge in [-0.1, -0.05) is 30.7 Å². The van der Waals surface area contributed by atoms with Crippen molar-refractivity contribution in [2.24, 2.45) is 5.92 Å². The fraction of sp³-hybridized carbons (Fsp3) is 0.188. The Hall–Kier alpha value is -2.16. The minimum atomic E-state index is -1.39. The van der Waals surface area contributed by atoms with Crippen molar-refractivity contribution in [3.63, 3.8) is 0 Å². The number of aryl methyl sites for hydroxylation is 1. The van der Waals surface area contributed by atoms with Gasteiger partial charge in [-0.25, -0.2) is 0 Å². The van der Waals surface area contributed by atoms with Gasteiger partial charge in [-0.05, 0) is 30.7 Å². The zero-order chi connectivity index (χ0) is 16.1. The van der Waals surface area contributed by atoms with Crippen LogP contribution in [0.1, 0.15) is 21.5 Å². The third-order valence-corrected chi connectivity index (χ3v) is 4.61. The van der Waals surface area contributed by atoms with E-state index < -0.39 is 17.6 Å². The van der Waals surface area contributed by atoms with Gasteiger partial charge in [-0.15, -0.1) is 11.3 Å². The maximum absolute atomic E-state index is 12.3. The minimum Gasteiger partial charge on any atom is -0.323 e. The number of thiophene rings is 1. The lowest BCUT2D eigenvalue weighted by molar-refractivity contribution is -0.117. The number of amides is 1. The van der Waals surface area contributed by atoms with Crippen LogP contribution in [0.2, 0.25) is 5.02 Å². The quantitative estimate of drug-likeness (QED) is 0.666. The molecule has 1 aromatic carbocycles. The van der Waals surface area contributed by atoms with Gasteiger partial charge in [-0.3, -0.25) is 9.59 Å². The largest absolute Gasteiger partial charge is 0.323 e. The van der Waals surface area contributed by atoms with E-state index in [1.165, 1.54) is 11.3 Å². The summed E-state index contributed by atoms with van der Waals surface area (Å²) in [6, 6.07) is 11.9. The molecule has 0 fully saturated rings. The summed E-state index contributed by atoms with van der Waals surface area (Å²) in [5, 5.41) is 12.1. The Balaban J connectivity index is 2.17. The first kappa shape index (κ1) is 16.2. The number of nitrogens with zero attached hydrogens (tertiary/aromatic N) is 1. The van der Waals surface area contributed by atoms with E-state index >= 15 is 0 Å². The number of carbonyl (C=O) groups is 2. The highest BCUT2D eigenvalue weighted by Crippen LogP contribution is 2.23. The van der Waals surface area contributed by atoms with Gasteiger partial charge in [0.25, 0.3) is 0 Å².